The maximum atomic E-state index is 11.9. The van der Waals surface area contributed by atoms with E-state index in [9.17, 15) is 9.59 Å². The van der Waals surface area contributed by atoms with Gasteiger partial charge in [0.1, 0.15) is 5.78 Å². The number of ketones is 1. The summed E-state index contributed by atoms with van der Waals surface area (Å²) in [7, 11) is 0. The Morgan fingerprint density at radius 3 is 2.69 bits per heavy atom. The van der Waals surface area contributed by atoms with E-state index in [2.05, 4.69) is 0 Å². The first kappa shape index (κ1) is 11.6. The monoisotopic (exact) mass is 223 g/mol. The first-order valence-corrected chi connectivity index (χ1v) is 6.55. The Morgan fingerprint density at radius 2 is 1.81 bits per heavy atom. The van der Waals surface area contributed by atoms with Crippen LogP contribution in [0.2, 0.25) is 0 Å². The summed E-state index contributed by atoms with van der Waals surface area (Å²) in [4.78, 5) is 25.5. The third-order valence-electron chi connectivity index (χ3n) is 3.80. The summed E-state index contributed by atoms with van der Waals surface area (Å²) < 4.78 is 0. The fourth-order valence-electron chi connectivity index (χ4n) is 2.78. The van der Waals surface area contributed by atoms with Crippen molar-refractivity contribution in [3.05, 3.63) is 0 Å². The highest BCUT2D eigenvalue weighted by atomic mass is 16.2. The van der Waals surface area contributed by atoms with Crippen LogP contribution in [0.25, 0.3) is 0 Å². The summed E-state index contributed by atoms with van der Waals surface area (Å²) in [6.07, 6.45) is 7.18. The molecule has 0 radical (unpaired) electrons. The molecule has 0 aromatic carbocycles. The molecule has 2 bridgehead atoms. The van der Waals surface area contributed by atoms with Crippen LogP contribution in [0, 0.1) is 5.92 Å². The number of Topliss-reactive ketones (excluding diaryl/α,β-unsaturated/α-hetero) is 1. The zero-order valence-electron chi connectivity index (χ0n) is 9.91. The van der Waals surface area contributed by atoms with Gasteiger partial charge in [0.05, 0.1) is 0 Å². The molecule has 2 saturated heterocycles. The minimum absolute atomic E-state index is 0.265. The Bertz CT molecular complexity index is 275. The predicted octanol–water partition coefficient (Wildman–Crippen LogP) is 2.15. The lowest BCUT2D eigenvalue weighted by Crippen LogP contribution is -2.35. The normalized spacial score (nSPS) is 28.8. The number of nitrogens with zero attached hydrogens (tertiary/aromatic N) is 1. The van der Waals surface area contributed by atoms with E-state index in [1.165, 1.54) is 12.8 Å². The van der Waals surface area contributed by atoms with Crippen molar-refractivity contribution >= 4 is 11.7 Å². The zero-order valence-corrected chi connectivity index (χ0v) is 9.91. The van der Waals surface area contributed by atoms with E-state index >= 15 is 0 Å². The van der Waals surface area contributed by atoms with Crippen molar-refractivity contribution in [2.75, 3.05) is 13.1 Å². The van der Waals surface area contributed by atoms with Crippen molar-refractivity contribution in [3.63, 3.8) is 0 Å². The Kier molecular flexibility index (Phi) is 3.97. The van der Waals surface area contributed by atoms with Crippen LogP contribution in [-0.4, -0.2) is 29.7 Å². The van der Waals surface area contributed by atoms with Crippen LogP contribution in [0.5, 0.6) is 0 Å². The fourth-order valence-corrected chi connectivity index (χ4v) is 2.78. The Labute approximate surface area is 97.2 Å². The molecule has 90 valence electrons. The smallest absolute Gasteiger partial charge is 0.222 e. The van der Waals surface area contributed by atoms with Gasteiger partial charge in [0.25, 0.3) is 0 Å². The number of fused-ring (bicyclic) bond motifs is 2. The molecule has 16 heavy (non-hydrogen) atoms. The number of carbonyl (C=O) groups is 2. The second-order valence-electron chi connectivity index (χ2n) is 5.13. The third-order valence-corrected chi connectivity index (χ3v) is 3.80. The van der Waals surface area contributed by atoms with Gasteiger partial charge in [-0.05, 0) is 31.6 Å². The molecule has 2 fully saturated rings. The molecule has 1 amide bonds. The molecule has 3 nitrogen and oxygen atoms in total. The molecule has 0 aromatic rings. The summed E-state index contributed by atoms with van der Waals surface area (Å²) in [5, 5.41) is 0. The second kappa shape index (κ2) is 5.46. The van der Waals surface area contributed by atoms with E-state index in [1.807, 2.05) is 4.90 Å². The standard InChI is InChI=1S/C13H21NO2/c15-12-5-3-6-13(16)14-9-2-1-4-11(10-14)7-8-12/h11H,1-10H2/t11-/m0/s1. The van der Waals surface area contributed by atoms with Gasteiger partial charge in [-0.3, -0.25) is 9.59 Å². The molecule has 0 aliphatic carbocycles. The van der Waals surface area contributed by atoms with Gasteiger partial charge in [0.15, 0.2) is 0 Å². The first-order chi connectivity index (χ1) is 7.75. The minimum Gasteiger partial charge on any atom is -0.342 e. The highest BCUT2D eigenvalue weighted by Crippen LogP contribution is 2.23. The average molecular weight is 223 g/mol. The van der Waals surface area contributed by atoms with Gasteiger partial charge >= 0.3 is 0 Å². The van der Waals surface area contributed by atoms with Gasteiger partial charge in [-0.2, -0.15) is 0 Å². The zero-order chi connectivity index (χ0) is 11.4. The molecule has 0 aromatic heterocycles. The second-order valence-corrected chi connectivity index (χ2v) is 5.13. The number of hydrogen-bond acceptors (Lipinski definition) is 2. The maximum Gasteiger partial charge on any atom is 0.222 e. The van der Waals surface area contributed by atoms with Crippen molar-refractivity contribution < 1.29 is 9.59 Å². The summed E-state index contributed by atoms with van der Waals surface area (Å²) in [6.45, 7) is 1.83. The fraction of sp³-hybridized carbons (Fsp3) is 0.846. The van der Waals surface area contributed by atoms with Gasteiger partial charge in [0.2, 0.25) is 5.91 Å². The largest absolute Gasteiger partial charge is 0.342 e. The average Bonchev–Trinajstić information content (AvgIpc) is 2.50. The summed E-state index contributed by atoms with van der Waals surface area (Å²) in [6, 6.07) is 0. The highest BCUT2D eigenvalue weighted by molar-refractivity contribution is 5.80. The number of hydrogen-bond donors (Lipinski definition) is 0. The van der Waals surface area contributed by atoms with Crippen molar-refractivity contribution in [3.8, 4) is 0 Å². The number of carbonyl (C=O) groups excluding carboxylic acids is 2. The van der Waals surface area contributed by atoms with Crippen LogP contribution >= 0.6 is 0 Å². The van der Waals surface area contributed by atoms with E-state index < -0.39 is 0 Å². The molecule has 2 aliphatic heterocycles. The van der Waals surface area contributed by atoms with E-state index in [4.69, 9.17) is 0 Å². The van der Waals surface area contributed by atoms with Gasteiger partial charge in [-0.1, -0.05) is 6.42 Å². The molecule has 0 saturated carbocycles. The van der Waals surface area contributed by atoms with Crippen molar-refractivity contribution in [2.45, 2.75) is 51.4 Å². The Morgan fingerprint density at radius 1 is 0.938 bits per heavy atom. The van der Waals surface area contributed by atoms with Crippen molar-refractivity contribution in [1.82, 2.24) is 4.90 Å². The third kappa shape index (κ3) is 3.06. The summed E-state index contributed by atoms with van der Waals surface area (Å²) in [5.41, 5.74) is 0. The van der Waals surface area contributed by atoms with E-state index in [1.54, 1.807) is 0 Å². The molecule has 0 spiro atoms. The molecule has 0 unspecified atom stereocenters. The predicted molar refractivity (Wildman–Crippen MR) is 62.0 cm³/mol. The van der Waals surface area contributed by atoms with Crippen molar-refractivity contribution in [1.29, 1.82) is 0 Å². The van der Waals surface area contributed by atoms with Gasteiger partial charge < -0.3 is 4.90 Å². The molecule has 2 aliphatic rings. The minimum atomic E-state index is 0.265. The number of amides is 1. The van der Waals surface area contributed by atoms with Crippen LogP contribution in [0.1, 0.15) is 51.4 Å². The number of rotatable bonds is 0. The highest BCUT2D eigenvalue weighted by Gasteiger charge is 2.23. The molecule has 0 N–H and O–H groups in total. The lowest BCUT2D eigenvalue weighted by Gasteiger charge is -2.25. The lowest BCUT2D eigenvalue weighted by atomic mass is 9.94. The van der Waals surface area contributed by atoms with E-state index in [0.29, 0.717) is 24.5 Å². The van der Waals surface area contributed by atoms with Crippen molar-refractivity contribution in [2.24, 2.45) is 5.92 Å². The molecule has 1 atom stereocenters. The van der Waals surface area contributed by atoms with Gasteiger partial charge in [-0.15, -0.1) is 0 Å². The van der Waals surface area contributed by atoms with Crippen LogP contribution in [0.3, 0.4) is 0 Å². The molecule has 2 heterocycles. The summed E-state index contributed by atoms with van der Waals surface area (Å²) in [5.74, 6) is 1.18. The first-order valence-electron chi connectivity index (χ1n) is 6.55. The van der Waals surface area contributed by atoms with Crippen LogP contribution < -0.4 is 0 Å². The van der Waals surface area contributed by atoms with Gasteiger partial charge in [0, 0.05) is 32.4 Å². The molecule has 2 rings (SSSR count). The Balaban J connectivity index is 2.03. The SMILES string of the molecule is O=C1CCCC(=O)N2CCCC[C@@H](CC1)C2. The Hall–Kier alpha value is -0.860. The van der Waals surface area contributed by atoms with Gasteiger partial charge in [-0.25, -0.2) is 0 Å². The van der Waals surface area contributed by atoms with Crippen LogP contribution in [0.15, 0.2) is 0 Å². The molecular formula is C13H21NO2. The summed E-state index contributed by atoms with van der Waals surface area (Å²) >= 11 is 0. The van der Waals surface area contributed by atoms with E-state index in [-0.39, 0.29) is 5.91 Å². The molecule has 3 heteroatoms. The van der Waals surface area contributed by atoms with Crippen LogP contribution in [0.4, 0.5) is 0 Å². The molecular weight excluding hydrogens is 202 g/mol. The lowest BCUT2D eigenvalue weighted by molar-refractivity contribution is -0.132. The van der Waals surface area contributed by atoms with Crippen LogP contribution in [-0.2, 0) is 9.59 Å². The topological polar surface area (TPSA) is 37.4 Å². The quantitative estimate of drug-likeness (QED) is 0.631. The van der Waals surface area contributed by atoms with E-state index in [0.717, 1.165) is 38.8 Å². The maximum absolute atomic E-state index is 11.9.